The first kappa shape index (κ1) is 12.2. The zero-order valence-electron chi connectivity index (χ0n) is 10.0. The Morgan fingerprint density at radius 2 is 1.65 bits per heavy atom. The van der Waals surface area contributed by atoms with Gasteiger partial charge >= 0.3 is 0 Å². The van der Waals surface area contributed by atoms with E-state index in [9.17, 15) is 0 Å². The Bertz CT molecular complexity index is 520. The quantitative estimate of drug-likeness (QED) is 0.724. The van der Waals surface area contributed by atoms with E-state index in [4.69, 9.17) is 4.74 Å². The third-order valence-corrected chi connectivity index (χ3v) is 3.35. The zero-order chi connectivity index (χ0) is 12.3. The minimum absolute atomic E-state index is 0.873. The molecule has 0 fully saturated rings. The molecule has 0 saturated carbocycles. The smallest absolute Gasteiger partial charge is 0.130 e. The molecular weight excluding hydrogens is 276 g/mol. The van der Waals surface area contributed by atoms with Crippen LogP contribution in [0, 0.1) is 13.8 Å². The highest BCUT2D eigenvalue weighted by Gasteiger charge is 2.04. The molecule has 2 rings (SSSR count). The van der Waals surface area contributed by atoms with Gasteiger partial charge in [-0.3, -0.25) is 0 Å². The van der Waals surface area contributed by atoms with Gasteiger partial charge < -0.3 is 4.74 Å². The summed E-state index contributed by atoms with van der Waals surface area (Å²) in [6.07, 6.45) is 0. The van der Waals surface area contributed by atoms with E-state index in [1.54, 1.807) is 0 Å². The van der Waals surface area contributed by atoms with E-state index in [0.29, 0.717) is 0 Å². The molecule has 0 bridgehead atoms. The molecule has 0 aliphatic carbocycles. The van der Waals surface area contributed by atoms with E-state index in [1.807, 2.05) is 24.3 Å². The van der Waals surface area contributed by atoms with E-state index >= 15 is 0 Å². The van der Waals surface area contributed by atoms with Crippen LogP contribution in [0.5, 0.6) is 11.5 Å². The van der Waals surface area contributed by atoms with Crippen molar-refractivity contribution in [2.45, 2.75) is 19.2 Å². The Hall–Kier alpha value is -1.28. The molecule has 2 aromatic rings. The third kappa shape index (κ3) is 2.89. The predicted octanol–water partition coefficient (Wildman–Crippen LogP) is 4.99. The van der Waals surface area contributed by atoms with Gasteiger partial charge in [-0.05, 0) is 42.7 Å². The van der Waals surface area contributed by atoms with E-state index in [-0.39, 0.29) is 0 Å². The minimum atomic E-state index is 0.873. The topological polar surface area (TPSA) is 9.23 Å². The van der Waals surface area contributed by atoms with Crippen LogP contribution in [0.25, 0.3) is 0 Å². The lowest BCUT2D eigenvalue weighted by atomic mass is 10.1. The molecule has 88 valence electrons. The summed E-state index contributed by atoms with van der Waals surface area (Å²) in [5.74, 6) is 1.84. The summed E-state index contributed by atoms with van der Waals surface area (Å²) < 4.78 is 5.92. The van der Waals surface area contributed by atoms with E-state index in [2.05, 4.69) is 48.0 Å². The molecule has 1 nitrogen and oxygen atoms in total. The molecule has 0 N–H and O–H groups in total. The van der Waals surface area contributed by atoms with Crippen LogP contribution in [0.4, 0.5) is 0 Å². The number of halogens is 1. The van der Waals surface area contributed by atoms with Crippen molar-refractivity contribution >= 4 is 15.9 Å². The molecule has 0 unspecified atom stereocenters. The third-order valence-electron chi connectivity index (χ3n) is 2.71. The Labute approximate surface area is 111 Å². The molecule has 2 heteroatoms. The van der Waals surface area contributed by atoms with Gasteiger partial charge in [-0.15, -0.1) is 0 Å². The first-order valence-corrected chi connectivity index (χ1v) is 6.72. The molecular formula is C15H15BrO. The van der Waals surface area contributed by atoms with Crippen LogP contribution in [0.1, 0.15) is 16.7 Å². The summed E-state index contributed by atoms with van der Waals surface area (Å²) in [5, 5.41) is 0.873. The van der Waals surface area contributed by atoms with Crippen LogP contribution in [0.2, 0.25) is 0 Å². The minimum Gasteiger partial charge on any atom is -0.457 e. The summed E-state index contributed by atoms with van der Waals surface area (Å²) in [6, 6.07) is 14.3. The fourth-order valence-electron chi connectivity index (χ4n) is 1.70. The van der Waals surface area contributed by atoms with Crippen LogP contribution in [0.15, 0.2) is 42.5 Å². The SMILES string of the molecule is Cc1ccccc1Oc1ccc(CBr)cc1C. The van der Waals surface area contributed by atoms with Crippen LogP contribution in [0.3, 0.4) is 0 Å². The molecule has 0 aliphatic rings. The van der Waals surface area contributed by atoms with Crippen molar-refractivity contribution in [1.82, 2.24) is 0 Å². The van der Waals surface area contributed by atoms with Crippen molar-refractivity contribution in [3.8, 4) is 11.5 Å². The van der Waals surface area contributed by atoms with E-state index < -0.39 is 0 Å². The van der Waals surface area contributed by atoms with Gasteiger partial charge in [-0.25, -0.2) is 0 Å². The van der Waals surface area contributed by atoms with Crippen molar-refractivity contribution in [2.24, 2.45) is 0 Å². The van der Waals surface area contributed by atoms with Crippen LogP contribution >= 0.6 is 15.9 Å². The number of ether oxygens (including phenoxy) is 1. The van der Waals surface area contributed by atoms with Gasteiger partial charge in [0, 0.05) is 5.33 Å². The lowest BCUT2D eigenvalue weighted by Crippen LogP contribution is -1.90. The average Bonchev–Trinajstić information content (AvgIpc) is 2.34. The van der Waals surface area contributed by atoms with Crippen molar-refractivity contribution in [1.29, 1.82) is 0 Å². The van der Waals surface area contributed by atoms with Gasteiger partial charge in [-0.2, -0.15) is 0 Å². The molecule has 0 aromatic heterocycles. The van der Waals surface area contributed by atoms with Gasteiger partial charge in [-0.1, -0.05) is 46.3 Å². The van der Waals surface area contributed by atoms with Crippen LogP contribution < -0.4 is 4.74 Å². The monoisotopic (exact) mass is 290 g/mol. The molecule has 0 spiro atoms. The summed E-state index contributed by atoms with van der Waals surface area (Å²) in [4.78, 5) is 0. The molecule has 0 amide bonds. The fourth-order valence-corrected chi connectivity index (χ4v) is 2.05. The Kier molecular flexibility index (Phi) is 3.85. The van der Waals surface area contributed by atoms with Crippen molar-refractivity contribution in [2.75, 3.05) is 0 Å². The Morgan fingerprint density at radius 1 is 0.941 bits per heavy atom. The molecule has 2 aromatic carbocycles. The molecule has 0 aliphatic heterocycles. The van der Waals surface area contributed by atoms with E-state index in [1.165, 1.54) is 5.56 Å². The maximum Gasteiger partial charge on any atom is 0.130 e. The summed E-state index contributed by atoms with van der Waals surface area (Å²) >= 11 is 3.45. The fraction of sp³-hybridized carbons (Fsp3) is 0.200. The Balaban J connectivity index is 2.28. The number of alkyl halides is 1. The van der Waals surface area contributed by atoms with Gasteiger partial charge in [0.2, 0.25) is 0 Å². The Morgan fingerprint density at radius 3 is 2.29 bits per heavy atom. The summed E-state index contributed by atoms with van der Waals surface area (Å²) in [5.41, 5.74) is 3.57. The van der Waals surface area contributed by atoms with Crippen molar-refractivity contribution < 1.29 is 4.74 Å². The standard InChI is InChI=1S/C15H15BrO/c1-11-5-3-4-6-14(11)17-15-8-7-13(10-16)9-12(15)2/h3-9H,10H2,1-2H3. The van der Waals surface area contributed by atoms with Crippen molar-refractivity contribution in [3.63, 3.8) is 0 Å². The summed E-state index contributed by atoms with van der Waals surface area (Å²) in [7, 11) is 0. The maximum atomic E-state index is 5.92. The molecule has 0 radical (unpaired) electrons. The van der Waals surface area contributed by atoms with Gasteiger partial charge in [0.1, 0.15) is 11.5 Å². The molecule has 17 heavy (non-hydrogen) atoms. The largest absolute Gasteiger partial charge is 0.457 e. The summed E-state index contributed by atoms with van der Waals surface area (Å²) in [6.45, 7) is 4.12. The molecule has 0 atom stereocenters. The normalized spacial score (nSPS) is 10.3. The van der Waals surface area contributed by atoms with Gasteiger partial charge in [0.25, 0.3) is 0 Å². The molecule has 0 heterocycles. The number of hydrogen-bond acceptors (Lipinski definition) is 1. The number of rotatable bonds is 3. The molecule has 0 saturated heterocycles. The highest BCUT2D eigenvalue weighted by molar-refractivity contribution is 9.08. The predicted molar refractivity (Wildman–Crippen MR) is 75.1 cm³/mol. The number of hydrogen-bond donors (Lipinski definition) is 0. The average molecular weight is 291 g/mol. The second-order valence-electron chi connectivity index (χ2n) is 4.10. The first-order valence-electron chi connectivity index (χ1n) is 5.59. The van der Waals surface area contributed by atoms with Crippen molar-refractivity contribution in [3.05, 3.63) is 59.2 Å². The number of para-hydroxylation sites is 1. The second-order valence-corrected chi connectivity index (χ2v) is 4.66. The number of benzene rings is 2. The van der Waals surface area contributed by atoms with E-state index in [0.717, 1.165) is 28.0 Å². The highest BCUT2D eigenvalue weighted by atomic mass is 79.9. The van der Waals surface area contributed by atoms with Crippen LogP contribution in [-0.4, -0.2) is 0 Å². The first-order chi connectivity index (χ1) is 8.20. The zero-order valence-corrected chi connectivity index (χ0v) is 11.6. The maximum absolute atomic E-state index is 5.92. The van der Waals surface area contributed by atoms with Gasteiger partial charge in [0.05, 0.1) is 0 Å². The lowest BCUT2D eigenvalue weighted by molar-refractivity contribution is 0.475. The second kappa shape index (κ2) is 5.37. The lowest BCUT2D eigenvalue weighted by Gasteiger charge is -2.11. The highest BCUT2D eigenvalue weighted by Crippen LogP contribution is 2.28. The van der Waals surface area contributed by atoms with Gasteiger partial charge in [0.15, 0.2) is 0 Å². The van der Waals surface area contributed by atoms with Crippen LogP contribution in [-0.2, 0) is 5.33 Å². The number of aryl methyl sites for hydroxylation is 2.